The van der Waals surface area contributed by atoms with Gasteiger partial charge in [-0.15, -0.1) is 0 Å². The van der Waals surface area contributed by atoms with Gasteiger partial charge in [0, 0.05) is 25.6 Å². The first kappa shape index (κ1) is 29.2. The van der Waals surface area contributed by atoms with E-state index in [1.54, 1.807) is 14.0 Å². The lowest BCUT2D eigenvalue weighted by Gasteiger charge is -2.38. The second-order valence-electron chi connectivity index (χ2n) is 9.85. The molecule has 2 aromatic carbocycles. The zero-order valence-electron chi connectivity index (χ0n) is 22.1. The quantitative estimate of drug-likeness (QED) is 0.464. The number of amides is 3. The van der Waals surface area contributed by atoms with E-state index < -0.39 is 33.9 Å². The number of carbonyl (C=O) groups is 2. The molecule has 2 aromatic rings. The number of nitrogens with zero attached hydrogens (tertiary/aromatic N) is 2. The molecule has 1 heterocycles. The number of fused-ring (bicyclic) bond motifs is 1. The van der Waals surface area contributed by atoms with E-state index in [9.17, 15) is 27.5 Å². The molecule has 0 bridgehead atoms. The highest BCUT2D eigenvalue weighted by molar-refractivity contribution is 7.92. The third-order valence-corrected chi connectivity index (χ3v) is 7.65. The number of carbonyl (C=O) groups excluding carboxylic acids is 2. The number of anilines is 1. The van der Waals surface area contributed by atoms with Crippen molar-refractivity contribution in [2.75, 3.05) is 31.5 Å². The van der Waals surface area contributed by atoms with E-state index in [4.69, 9.17) is 4.74 Å². The van der Waals surface area contributed by atoms with Crippen molar-refractivity contribution in [2.24, 2.45) is 5.92 Å². The summed E-state index contributed by atoms with van der Waals surface area (Å²) in [5, 5.41) is 12.6. The molecule has 3 N–H and O–H groups in total. The Morgan fingerprint density at radius 3 is 2.47 bits per heavy atom. The van der Waals surface area contributed by atoms with Gasteiger partial charge in [0.05, 0.1) is 35.3 Å². The van der Waals surface area contributed by atoms with Gasteiger partial charge < -0.3 is 25.0 Å². The number of aliphatic hydroxyl groups is 1. The Morgan fingerprint density at radius 2 is 1.87 bits per heavy atom. The Kier molecular flexibility index (Phi) is 9.21. The summed E-state index contributed by atoms with van der Waals surface area (Å²) in [6, 6.07) is 7.95. The molecule has 3 rings (SSSR count). The number of benzene rings is 2. The van der Waals surface area contributed by atoms with Gasteiger partial charge in [-0.05, 0) is 57.2 Å². The number of ether oxygens (including phenoxy) is 1. The van der Waals surface area contributed by atoms with Crippen molar-refractivity contribution in [1.29, 1.82) is 0 Å². The van der Waals surface area contributed by atoms with Crippen LogP contribution in [0.4, 0.5) is 14.9 Å². The Morgan fingerprint density at radius 1 is 1.21 bits per heavy atom. The number of halogens is 1. The second-order valence-corrected chi connectivity index (χ2v) is 11.5. The first-order chi connectivity index (χ1) is 17.8. The molecule has 0 aromatic heterocycles. The molecule has 3 amide bonds. The van der Waals surface area contributed by atoms with Crippen LogP contribution in [0.5, 0.6) is 5.75 Å². The minimum Gasteiger partial charge on any atom is -0.485 e. The predicted molar refractivity (Wildman–Crippen MR) is 141 cm³/mol. The fraction of sp³-hybridized carbons (Fsp3) is 0.462. The average Bonchev–Trinajstić information content (AvgIpc) is 2.85. The number of nitrogens with one attached hydrogen (secondary N) is 2. The van der Waals surface area contributed by atoms with Gasteiger partial charge in [0.2, 0.25) is 0 Å². The maximum atomic E-state index is 13.6. The van der Waals surface area contributed by atoms with Crippen LogP contribution in [0.25, 0.3) is 0 Å². The number of hydrogen-bond donors (Lipinski definition) is 3. The monoisotopic (exact) mass is 550 g/mol. The van der Waals surface area contributed by atoms with Crippen molar-refractivity contribution in [1.82, 2.24) is 15.1 Å². The first-order valence-electron chi connectivity index (χ1n) is 12.4. The summed E-state index contributed by atoms with van der Waals surface area (Å²) in [6.07, 6.45) is -0.630. The molecule has 0 saturated heterocycles. The summed E-state index contributed by atoms with van der Waals surface area (Å²) in [6.45, 7) is 7.38. The lowest BCUT2D eigenvalue weighted by Crippen LogP contribution is -2.51. The second kappa shape index (κ2) is 12.0. The van der Waals surface area contributed by atoms with Crippen molar-refractivity contribution >= 4 is 27.6 Å². The van der Waals surface area contributed by atoms with E-state index in [-0.39, 0.29) is 59.6 Å². The zero-order chi connectivity index (χ0) is 28.2. The highest BCUT2D eigenvalue weighted by Gasteiger charge is 2.35. The van der Waals surface area contributed by atoms with Crippen molar-refractivity contribution in [3.05, 3.63) is 53.8 Å². The van der Waals surface area contributed by atoms with E-state index in [2.05, 4.69) is 10.0 Å². The lowest BCUT2D eigenvalue weighted by molar-refractivity contribution is 0.0369. The number of para-hydroxylation sites is 1. The SMILES string of the molecule is CC(C)NC(=O)N(C)C[C@H]1Oc2c(NS(=O)(=O)c3ccc(F)cc3)cccc2C(=O)N([C@@H](C)CO)C[C@@H]1C. The summed E-state index contributed by atoms with van der Waals surface area (Å²) in [4.78, 5) is 29.0. The fourth-order valence-electron chi connectivity index (χ4n) is 4.07. The van der Waals surface area contributed by atoms with Crippen molar-refractivity contribution in [3.8, 4) is 5.75 Å². The number of sulfonamides is 1. The van der Waals surface area contributed by atoms with Crippen molar-refractivity contribution in [3.63, 3.8) is 0 Å². The largest absolute Gasteiger partial charge is 0.485 e. The standard InChI is InChI=1S/C26H35FN4O6S/c1-16(2)28-26(34)30(5)14-23-17(3)13-31(18(4)15-32)25(33)21-7-6-8-22(24(21)37-23)29-38(35,36)20-11-9-19(27)10-12-20/h6-12,16-18,23,29,32H,13-15H2,1-5H3,(H,28,34)/t17-,18-,23+/m0/s1. The molecule has 0 saturated carbocycles. The normalized spacial score (nSPS) is 18.6. The molecule has 1 aliphatic heterocycles. The van der Waals surface area contributed by atoms with Crippen LogP contribution >= 0.6 is 0 Å². The number of rotatable bonds is 8. The predicted octanol–water partition coefficient (Wildman–Crippen LogP) is 2.90. The molecule has 0 fully saturated rings. The summed E-state index contributed by atoms with van der Waals surface area (Å²) in [7, 11) is -2.53. The van der Waals surface area contributed by atoms with Gasteiger partial charge >= 0.3 is 6.03 Å². The van der Waals surface area contributed by atoms with Gasteiger partial charge in [-0.25, -0.2) is 17.6 Å². The summed E-state index contributed by atoms with van der Waals surface area (Å²) in [5.74, 6) is -1.30. The molecule has 3 atom stereocenters. The third kappa shape index (κ3) is 6.73. The van der Waals surface area contributed by atoms with Gasteiger partial charge in [-0.1, -0.05) is 13.0 Å². The lowest BCUT2D eigenvalue weighted by atomic mass is 9.99. The van der Waals surface area contributed by atoms with Gasteiger partial charge in [0.1, 0.15) is 11.9 Å². The third-order valence-electron chi connectivity index (χ3n) is 6.27. The molecule has 12 heteroatoms. The van der Waals surface area contributed by atoms with Crippen LogP contribution in [0.2, 0.25) is 0 Å². The Labute approximate surface area is 222 Å². The smallest absolute Gasteiger partial charge is 0.317 e. The molecule has 0 spiro atoms. The van der Waals surface area contributed by atoms with E-state index in [0.717, 1.165) is 24.3 Å². The Hall–Kier alpha value is -3.38. The van der Waals surface area contributed by atoms with E-state index in [1.807, 2.05) is 20.8 Å². The molecular formula is C26H35FN4O6S. The number of hydrogen-bond acceptors (Lipinski definition) is 6. The van der Waals surface area contributed by atoms with Gasteiger partial charge in [-0.3, -0.25) is 9.52 Å². The highest BCUT2D eigenvalue weighted by Crippen LogP contribution is 2.36. The van der Waals surface area contributed by atoms with Crippen LogP contribution in [-0.4, -0.2) is 80.2 Å². The molecule has 0 aliphatic carbocycles. The molecule has 0 unspecified atom stereocenters. The average molecular weight is 551 g/mol. The van der Waals surface area contributed by atoms with Crippen LogP contribution in [-0.2, 0) is 10.0 Å². The van der Waals surface area contributed by atoms with Gasteiger partial charge in [0.15, 0.2) is 5.75 Å². The maximum Gasteiger partial charge on any atom is 0.317 e. The summed E-state index contributed by atoms with van der Waals surface area (Å²) >= 11 is 0. The number of urea groups is 1. The topological polar surface area (TPSA) is 128 Å². The number of likely N-dealkylation sites (N-methyl/N-ethyl adjacent to an activating group) is 1. The zero-order valence-corrected chi connectivity index (χ0v) is 23.0. The molecule has 10 nitrogen and oxygen atoms in total. The molecule has 1 aliphatic rings. The highest BCUT2D eigenvalue weighted by atomic mass is 32.2. The van der Waals surface area contributed by atoms with Crippen molar-refractivity contribution in [2.45, 2.75) is 50.8 Å². The van der Waals surface area contributed by atoms with E-state index in [0.29, 0.717) is 0 Å². The van der Waals surface area contributed by atoms with Crippen LogP contribution in [0, 0.1) is 11.7 Å². The summed E-state index contributed by atoms with van der Waals surface area (Å²) in [5.41, 5.74) is 0.126. The number of aliphatic hydroxyl groups excluding tert-OH is 1. The Balaban J connectivity index is 2.05. The minimum atomic E-state index is -4.15. The molecule has 38 heavy (non-hydrogen) atoms. The molecule has 0 radical (unpaired) electrons. The van der Waals surface area contributed by atoms with E-state index >= 15 is 0 Å². The van der Waals surface area contributed by atoms with E-state index in [1.165, 1.54) is 28.0 Å². The minimum absolute atomic E-state index is 0.00699. The van der Waals surface area contributed by atoms with Crippen molar-refractivity contribution < 1.29 is 32.2 Å². The van der Waals surface area contributed by atoms with Crippen LogP contribution in [0.3, 0.4) is 0 Å². The van der Waals surface area contributed by atoms with Crippen LogP contribution in [0.1, 0.15) is 38.1 Å². The maximum absolute atomic E-state index is 13.6. The first-order valence-corrected chi connectivity index (χ1v) is 13.8. The Bertz CT molecular complexity index is 1250. The van der Waals surface area contributed by atoms with Gasteiger partial charge in [0.25, 0.3) is 15.9 Å². The molecular weight excluding hydrogens is 515 g/mol. The summed E-state index contributed by atoms with van der Waals surface area (Å²) < 4.78 is 48.3. The van der Waals surface area contributed by atoms with Crippen LogP contribution in [0.15, 0.2) is 47.4 Å². The fourth-order valence-corrected chi connectivity index (χ4v) is 5.13. The van der Waals surface area contributed by atoms with Gasteiger partial charge in [-0.2, -0.15) is 0 Å². The van der Waals surface area contributed by atoms with Crippen LogP contribution < -0.4 is 14.8 Å². The molecule has 208 valence electrons.